The molecule has 2 aliphatic rings. The molecule has 5 heteroatoms. The number of aryl methyl sites for hydroxylation is 1. The van der Waals surface area contributed by atoms with Gasteiger partial charge in [-0.2, -0.15) is 0 Å². The Hall–Kier alpha value is -0.900. The summed E-state index contributed by atoms with van der Waals surface area (Å²) < 4.78 is 6.09. The van der Waals surface area contributed by atoms with Gasteiger partial charge in [-0.25, -0.2) is 0 Å². The lowest BCUT2D eigenvalue weighted by atomic mass is 9.52. The number of alkyl halides is 2. The van der Waals surface area contributed by atoms with Crippen LogP contribution in [0.2, 0.25) is 0 Å². The molecule has 0 radical (unpaired) electrons. The lowest BCUT2D eigenvalue weighted by Gasteiger charge is -2.53. The number of nitrogens with zero attached hydrogens (tertiary/aromatic N) is 1. The van der Waals surface area contributed by atoms with Crippen LogP contribution in [0.3, 0.4) is 0 Å². The van der Waals surface area contributed by atoms with Crippen molar-refractivity contribution >= 4 is 23.2 Å². The minimum absolute atomic E-state index is 0.0390. The highest BCUT2D eigenvalue weighted by Crippen LogP contribution is 2.57. The highest BCUT2D eigenvalue weighted by atomic mass is 35.5. The number of aliphatic hydroxyl groups excluding tert-OH is 1. The Balaban J connectivity index is 1.77. The fraction of sp³-hybridized carbons (Fsp3) is 0.692. The quantitative estimate of drug-likeness (QED) is 0.312. The summed E-state index contributed by atoms with van der Waals surface area (Å²) in [6, 6.07) is 6.56. The number of rotatable bonds is 10. The van der Waals surface area contributed by atoms with Gasteiger partial charge in [0.1, 0.15) is 5.75 Å². The maximum atomic E-state index is 10.8. The number of aliphatic hydroxyl groups is 1. The zero-order valence-corrected chi connectivity index (χ0v) is 20.9. The third-order valence-electron chi connectivity index (χ3n) is 8.02. The van der Waals surface area contributed by atoms with Crippen LogP contribution in [0, 0.1) is 17.3 Å². The van der Waals surface area contributed by atoms with Crippen LogP contribution in [0.4, 0.5) is 0 Å². The fourth-order valence-corrected chi connectivity index (χ4v) is 6.79. The molecule has 0 amide bonds. The molecule has 3 rings (SSSR count). The Morgan fingerprint density at radius 3 is 2.58 bits per heavy atom. The van der Waals surface area contributed by atoms with Gasteiger partial charge in [-0.05, 0) is 85.1 Å². The standard InChI is InChI=1S/C26H39Cl2NO2/c1-5-24-23-9-7-19-17-20(31-18(3)29(15-13-27)16-14-28)8-10-21(19)22(23)11-12-26(24,4)25(30)6-2/h8,10,17,22-25,30H,3,5-7,9,11-16H2,1-2,4H3. The van der Waals surface area contributed by atoms with Gasteiger partial charge in [-0.3, -0.25) is 0 Å². The van der Waals surface area contributed by atoms with E-state index in [0.29, 0.717) is 48.5 Å². The monoisotopic (exact) mass is 467 g/mol. The molecule has 0 spiro atoms. The molecule has 0 saturated heterocycles. The van der Waals surface area contributed by atoms with Crippen molar-refractivity contribution in [3.63, 3.8) is 0 Å². The van der Waals surface area contributed by atoms with Crippen molar-refractivity contribution < 1.29 is 9.84 Å². The number of hydrogen-bond acceptors (Lipinski definition) is 3. The summed E-state index contributed by atoms with van der Waals surface area (Å²) in [5.41, 5.74) is 2.93. The predicted molar refractivity (Wildman–Crippen MR) is 131 cm³/mol. The van der Waals surface area contributed by atoms with Crippen LogP contribution in [-0.2, 0) is 6.42 Å². The van der Waals surface area contributed by atoms with Crippen molar-refractivity contribution in [2.24, 2.45) is 17.3 Å². The summed E-state index contributed by atoms with van der Waals surface area (Å²) in [7, 11) is 0. The van der Waals surface area contributed by atoms with Crippen LogP contribution in [0.25, 0.3) is 0 Å². The summed E-state index contributed by atoms with van der Waals surface area (Å²) in [5, 5.41) is 10.8. The van der Waals surface area contributed by atoms with Gasteiger partial charge in [0.15, 0.2) is 5.88 Å². The molecule has 1 saturated carbocycles. The summed E-state index contributed by atoms with van der Waals surface area (Å²) in [5.74, 6) is 4.28. The van der Waals surface area contributed by atoms with Crippen molar-refractivity contribution in [3.05, 3.63) is 41.8 Å². The topological polar surface area (TPSA) is 32.7 Å². The number of benzene rings is 1. The van der Waals surface area contributed by atoms with E-state index < -0.39 is 0 Å². The molecule has 1 fully saturated rings. The van der Waals surface area contributed by atoms with E-state index in [-0.39, 0.29) is 11.5 Å². The Morgan fingerprint density at radius 1 is 1.26 bits per heavy atom. The fourth-order valence-electron chi connectivity index (χ4n) is 6.38. The van der Waals surface area contributed by atoms with Crippen molar-refractivity contribution in [1.82, 2.24) is 4.90 Å². The van der Waals surface area contributed by atoms with Crippen molar-refractivity contribution in [2.75, 3.05) is 24.8 Å². The van der Waals surface area contributed by atoms with Gasteiger partial charge in [0.2, 0.25) is 0 Å². The third-order valence-corrected chi connectivity index (χ3v) is 8.36. The van der Waals surface area contributed by atoms with Gasteiger partial charge in [-0.1, -0.05) is 33.3 Å². The van der Waals surface area contributed by atoms with Crippen molar-refractivity contribution in [3.8, 4) is 5.75 Å². The Bertz CT molecular complexity index is 749. The Morgan fingerprint density at radius 2 is 1.97 bits per heavy atom. The van der Waals surface area contributed by atoms with E-state index in [0.717, 1.165) is 37.9 Å². The first-order valence-electron chi connectivity index (χ1n) is 11.9. The maximum Gasteiger partial charge on any atom is 0.188 e. The Kier molecular flexibility index (Phi) is 8.63. The molecular weight excluding hydrogens is 429 g/mol. The predicted octanol–water partition coefficient (Wildman–Crippen LogP) is 6.56. The highest BCUT2D eigenvalue weighted by Gasteiger charge is 2.50. The van der Waals surface area contributed by atoms with Gasteiger partial charge >= 0.3 is 0 Å². The average Bonchev–Trinajstić information content (AvgIpc) is 2.77. The molecule has 5 atom stereocenters. The minimum Gasteiger partial charge on any atom is -0.442 e. The van der Waals surface area contributed by atoms with E-state index in [9.17, 15) is 5.11 Å². The van der Waals surface area contributed by atoms with Crippen LogP contribution in [0.5, 0.6) is 5.75 Å². The summed E-state index contributed by atoms with van der Waals surface area (Å²) in [6.07, 6.45) is 6.30. The maximum absolute atomic E-state index is 10.8. The lowest BCUT2D eigenvalue weighted by Crippen LogP contribution is -2.48. The summed E-state index contributed by atoms with van der Waals surface area (Å²) in [6.45, 7) is 12.2. The highest BCUT2D eigenvalue weighted by molar-refractivity contribution is 6.18. The van der Waals surface area contributed by atoms with Crippen LogP contribution in [0.15, 0.2) is 30.7 Å². The number of halogens is 2. The second kappa shape index (κ2) is 10.8. The molecule has 1 N–H and O–H groups in total. The van der Waals surface area contributed by atoms with E-state index in [1.807, 2.05) is 4.90 Å². The van der Waals surface area contributed by atoms with Gasteiger partial charge in [-0.15, -0.1) is 23.2 Å². The van der Waals surface area contributed by atoms with Gasteiger partial charge in [0.25, 0.3) is 0 Å². The van der Waals surface area contributed by atoms with E-state index in [4.69, 9.17) is 27.9 Å². The smallest absolute Gasteiger partial charge is 0.188 e. The van der Waals surface area contributed by atoms with Crippen molar-refractivity contribution in [1.29, 1.82) is 0 Å². The molecule has 0 aliphatic heterocycles. The molecule has 1 aromatic rings. The van der Waals surface area contributed by atoms with Crippen LogP contribution < -0.4 is 4.74 Å². The van der Waals surface area contributed by atoms with Gasteiger partial charge in [0.05, 0.1) is 6.10 Å². The number of hydrogen-bond donors (Lipinski definition) is 1. The normalized spacial score (nSPS) is 28.4. The first-order chi connectivity index (χ1) is 14.9. The number of ether oxygens (including phenoxy) is 1. The molecule has 174 valence electrons. The second-order valence-corrected chi connectivity index (χ2v) is 10.3. The second-order valence-electron chi connectivity index (χ2n) is 9.51. The molecule has 2 aliphatic carbocycles. The molecular formula is C26H39Cl2NO2. The first kappa shape index (κ1) is 24.7. The van der Waals surface area contributed by atoms with E-state index in [1.165, 1.54) is 17.5 Å². The summed E-state index contributed by atoms with van der Waals surface area (Å²) >= 11 is 11.8. The molecule has 0 heterocycles. The zero-order chi connectivity index (χ0) is 22.6. The third kappa shape index (κ3) is 5.04. The van der Waals surface area contributed by atoms with E-state index in [2.05, 4.69) is 45.5 Å². The van der Waals surface area contributed by atoms with E-state index >= 15 is 0 Å². The van der Waals surface area contributed by atoms with Crippen LogP contribution >= 0.6 is 23.2 Å². The first-order valence-corrected chi connectivity index (χ1v) is 13.0. The van der Waals surface area contributed by atoms with Crippen LogP contribution in [0.1, 0.15) is 69.9 Å². The molecule has 5 unspecified atom stereocenters. The average molecular weight is 469 g/mol. The molecule has 3 nitrogen and oxygen atoms in total. The van der Waals surface area contributed by atoms with Gasteiger partial charge in [0, 0.05) is 24.8 Å². The van der Waals surface area contributed by atoms with Gasteiger partial charge < -0.3 is 14.7 Å². The largest absolute Gasteiger partial charge is 0.442 e. The molecule has 1 aromatic carbocycles. The molecule has 0 bridgehead atoms. The van der Waals surface area contributed by atoms with E-state index in [1.54, 1.807) is 0 Å². The van der Waals surface area contributed by atoms with Crippen molar-refractivity contribution in [2.45, 2.75) is 71.3 Å². The summed E-state index contributed by atoms with van der Waals surface area (Å²) in [4.78, 5) is 1.99. The SMILES string of the molecule is C=C(Oc1ccc2c(c1)CCC1C2CCC(C)(C(O)CC)C1CC)N(CCCl)CCCl. The minimum atomic E-state index is -0.203. The lowest BCUT2D eigenvalue weighted by molar-refractivity contribution is -0.0711. The molecule has 31 heavy (non-hydrogen) atoms. The molecule has 0 aromatic heterocycles. The number of fused-ring (bicyclic) bond motifs is 3. The zero-order valence-electron chi connectivity index (χ0n) is 19.4. The van der Waals surface area contributed by atoms with Crippen LogP contribution in [-0.4, -0.2) is 41.0 Å². The Labute approximate surface area is 198 Å².